The quantitative estimate of drug-likeness (QED) is 0.738. The first-order valence-corrected chi connectivity index (χ1v) is 11.0. The van der Waals surface area contributed by atoms with E-state index in [0.29, 0.717) is 37.6 Å². The number of ether oxygens (including phenoxy) is 1. The molecule has 1 aliphatic heterocycles. The van der Waals surface area contributed by atoms with Crippen LogP contribution in [-0.2, 0) is 16.0 Å². The number of nitrogens with zero attached hydrogens (tertiary/aromatic N) is 4. The van der Waals surface area contributed by atoms with Crippen molar-refractivity contribution in [1.82, 2.24) is 20.2 Å². The highest BCUT2D eigenvalue weighted by Crippen LogP contribution is 2.18. The number of hydrogen-bond acceptors (Lipinski definition) is 6. The Bertz CT molecular complexity index is 937. The maximum Gasteiger partial charge on any atom is 0.408 e. The SMILES string of the molecule is Cc1cncnc1N1CCN(C(=O)C(Cc2ccc(Cl)cc2)NC(=O)OC(C)(C)C)CC1. The Balaban J connectivity index is 1.69. The molecule has 1 aromatic heterocycles. The number of aromatic nitrogens is 2. The maximum atomic E-state index is 13.4. The number of anilines is 1. The number of aryl methyl sites for hydroxylation is 1. The molecule has 172 valence electrons. The van der Waals surface area contributed by atoms with Crippen LogP contribution in [0.2, 0.25) is 5.02 Å². The first kappa shape index (κ1) is 23.8. The third-order valence-corrected chi connectivity index (χ3v) is 5.35. The van der Waals surface area contributed by atoms with Crippen LogP contribution in [0.5, 0.6) is 0 Å². The average Bonchev–Trinajstić information content (AvgIpc) is 2.73. The lowest BCUT2D eigenvalue weighted by molar-refractivity contribution is -0.133. The predicted molar refractivity (Wildman–Crippen MR) is 124 cm³/mol. The molecule has 0 saturated carbocycles. The van der Waals surface area contributed by atoms with Crippen molar-refractivity contribution < 1.29 is 14.3 Å². The summed E-state index contributed by atoms with van der Waals surface area (Å²) in [7, 11) is 0. The second kappa shape index (κ2) is 10.2. The molecule has 0 bridgehead atoms. The monoisotopic (exact) mass is 459 g/mol. The molecule has 2 aromatic rings. The van der Waals surface area contributed by atoms with Gasteiger partial charge in [-0.3, -0.25) is 4.79 Å². The van der Waals surface area contributed by atoms with Gasteiger partial charge in [0.25, 0.3) is 0 Å². The van der Waals surface area contributed by atoms with E-state index in [2.05, 4.69) is 20.2 Å². The Hall–Kier alpha value is -2.87. The summed E-state index contributed by atoms with van der Waals surface area (Å²) in [4.78, 5) is 38.1. The van der Waals surface area contributed by atoms with Gasteiger partial charge in [0.05, 0.1) is 0 Å². The molecule has 2 amide bonds. The zero-order valence-electron chi connectivity index (χ0n) is 19.0. The predicted octanol–water partition coefficient (Wildman–Crippen LogP) is 3.22. The first-order chi connectivity index (χ1) is 15.1. The van der Waals surface area contributed by atoms with Gasteiger partial charge in [0, 0.05) is 49.4 Å². The lowest BCUT2D eigenvalue weighted by atomic mass is 10.0. The Morgan fingerprint density at radius 3 is 2.41 bits per heavy atom. The summed E-state index contributed by atoms with van der Waals surface area (Å²) in [6.45, 7) is 9.72. The van der Waals surface area contributed by atoms with Gasteiger partial charge in [0.1, 0.15) is 23.8 Å². The number of carbonyl (C=O) groups is 2. The van der Waals surface area contributed by atoms with E-state index in [1.807, 2.05) is 19.1 Å². The lowest BCUT2D eigenvalue weighted by Crippen LogP contribution is -2.56. The van der Waals surface area contributed by atoms with Gasteiger partial charge in [-0.2, -0.15) is 0 Å². The summed E-state index contributed by atoms with van der Waals surface area (Å²) in [5.74, 6) is 0.751. The summed E-state index contributed by atoms with van der Waals surface area (Å²) in [6, 6.07) is 6.52. The van der Waals surface area contributed by atoms with Crippen molar-refractivity contribution in [2.75, 3.05) is 31.1 Å². The van der Waals surface area contributed by atoms with Gasteiger partial charge in [0.2, 0.25) is 5.91 Å². The molecule has 1 aliphatic rings. The summed E-state index contributed by atoms with van der Waals surface area (Å²) in [5, 5.41) is 3.38. The highest BCUT2D eigenvalue weighted by Gasteiger charge is 2.31. The van der Waals surface area contributed by atoms with Crippen molar-refractivity contribution in [1.29, 1.82) is 0 Å². The van der Waals surface area contributed by atoms with Crippen molar-refractivity contribution in [2.24, 2.45) is 0 Å². The van der Waals surface area contributed by atoms with E-state index < -0.39 is 17.7 Å². The summed E-state index contributed by atoms with van der Waals surface area (Å²) in [6.07, 6.45) is 3.06. The molecule has 1 fully saturated rings. The molecule has 1 aromatic carbocycles. The van der Waals surface area contributed by atoms with Gasteiger partial charge in [-0.25, -0.2) is 14.8 Å². The molecule has 1 unspecified atom stereocenters. The lowest BCUT2D eigenvalue weighted by Gasteiger charge is -2.37. The normalized spacial score (nSPS) is 15.3. The van der Waals surface area contributed by atoms with Crippen LogP contribution in [0.25, 0.3) is 0 Å². The van der Waals surface area contributed by atoms with Crippen molar-refractivity contribution in [2.45, 2.75) is 45.8 Å². The van der Waals surface area contributed by atoms with Gasteiger partial charge < -0.3 is 19.9 Å². The average molecular weight is 460 g/mol. The molecule has 1 saturated heterocycles. The summed E-state index contributed by atoms with van der Waals surface area (Å²) >= 11 is 5.99. The topological polar surface area (TPSA) is 87.7 Å². The minimum Gasteiger partial charge on any atom is -0.444 e. The van der Waals surface area contributed by atoms with Crippen LogP contribution in [0.15, 0.2) is 36.8 Å². The molecule has 8 nitrogen and oxygen atoms in total. The van der Waals surface area contributed by atoms with E-state index in [0.717, 1.165) is 16.9 Å². The number of nitrogens with one attached hydrogen (secondary N) is 1. The maximum absolute atomic E-state index is 13.4. The fourth-order valence-electron chi connectivity index (χ4n) is 3.59. The van der Waals surface area contributed by atoms with Crippen LogP contribution < -0.4 is 10.2 Å². The van der Waals surface area contributed by atoms with E-state index in [1.54, 1.807) is 44.0 Å². The standard InChI is InChI=1S/C23H30ClN5O3/c1-16-14-25-15-26-20(16)28-9-11-29(12-10-28)21(30)19(27-22(31)32-23(2,3)4)13-17-5-7-18(24)8-6-17/h5-8,14-15,19H,9-13H2,1-4H3,(H,27,31). The van der Waals surface area contributed by atoms with Crippen LogP contribution >= 0.6 is 11.6 Å². The number of amides is 2. The molecule has 1 N–H and O–H groups in total. The van der Waals surface area contributed by atoms with Crippen molar-refractivity contribution in [3.63, 3.8) is 0 Å². The molecule has 3 rings (SSSR count). The third kappa shape index (κ3) is 6.56. The molecule has 0 radical (unpaired) electrons. The van der Waals surface area contributed by atoms with E-state index in [-0.39, 0.29) is 5.91 Å². The Morgan fingerprint density at radius 1 is 1.16 bits per heavy atom. The number of hydrogen-bond donors (Lipinski definition) is 1. The molecule has 0 spiro atoms. The zero-order chi connectivity index (χ0) is 23.3. The second-order valence-corrected chi connectivity index (χ2v) is 9.31. The zero-order valence-corrected chi connectivity index (χ0v) is 19.7. The van der Waals surface area contributed by atoms with Crippen LogP contribution in [0.4, 0.5) is 10.6 Å². The van der Waals surface area contributed by atoms with E-state index in [4.69, 9.17) is 16.3 Å². The third-order valence-electron chi connectivity index (χ3n) is 5.10. The molecule has 9 heteroatoms. The second-order valence-electron chi connectivity index (χ2n) is 8.87. The summed E-state index contributed by atoms with van der Waals surface area (Å²) in [5.41, 5.74) is 1.25. The largest absolute Gasteiger partial charge is 0.444 e. The minimum absolute atomic E-state index is 0.134. The molecular formula is C23H30ClN5O3. The fourth-order valence-corrected chi connectivity index (χ4v) is 3.71. The fraction of sp³-hybridized carbons (Fsp3) is 0.478. The van der Waals surface area contributed by atoms with Crippen LogP contribution in [0.1, 0.15) is 31.9 Å². The van der Waals surface area contributed by atoms with Crippen LogP contribution in [0.3, 0.4) is 0 Å². The molecule has 1 atom stereocenters. The van der Waals surface area contributed by atoms with Gasteiger partial charge in [-0.15, -0.1) is 0 Å². The minimum atomic E-state index is -0.738. The van der Waals surface area contributed by atoms with Crippen molar-refractivity contribution in [3.05, 3.63) is 52.9 Å². The van der Waals surface area contributed by atoms with Crippen LogP contribution in [0, 0.1) is 6.92 Å². The summed E-state index contributed by atoms with van der Waals surface area (Å²) < 4.78 is 5.39. The number of halogens is 1. The number of piperazine rings is 1. The number of alkyl carbamates (subject to hydrolysis) is 1. The Labute approximate surface area is 193 Å². The number of benzene rings is 1. The number of carbonyl (C=O) groups excluding carboxylic acids is 2. The van der Waals surface area contributed by atoms with Gasteiger partial charge >= 0.3 is 6.09 Å². The van der Waals surface area contributed by atoms with E-state index in [1.165, 1.54) is 6.33 Å². The Kier molecular flexibility index (Phi) is 7.56. The van der Waals surface area contributed by atoms with E-state index in [9.17, 15) is 9.59 Å². The number of rotatable bonds is 5. The van der Waals surface area contributed by atoms with Crippen LogP contribution in [-0.4, -0.2) is 64.7 Å². The highest BCUT2D eigenvalue weighted by atomic mass is 35.5. The van der Waals surface area contributed by atoms with Gasteiger partial charge in [-0.1, -0.05) is 23.7 Å². The van der Waals surface area contributed by atoms with Gasteiger partial charge in [-0.05, 0) is 45.4 Å². The molecular weight excluding hydrogens is 430 g/mol. The first-order valence-electron chi connectivity index (χ1n) is 10.7. The molecule has 2 heterocycles. The van der Waals surface area contributed by atoms with Crippen molar-refractivity contribution >= 4 is 29.4 Å². The smallest absolute Gasteiger partial charge is 0.408 e. The Morgan fingerprint density at radius 2 is 1.81 bits per heavy atom. The van der Waals surface area contributed by atoms with Gasteiger partial charge in [0.15, 0.2) is 0 Å². The van der Waals surface area contributed by atoms with Crippen molar-refractivity contribution in [3.8, 4) is 0 Å². The van der Waals surface area contributed by atoms with E-state index >= 15 is 0 Å². The highest BCUT2D eigenvalue weighted by molar-refractivity contribution is 6.30. The molecule has 32 heavy (non-hydrogen) atoms. The molecule has 0 aliphatic carbocycles.